The topological polar surface area (TPSA) is 26.3 Å². The van der Waals surface area contributed by atoms with Crippen LogP contribution in [0.3, 0.4) is 0 Å². The Labute approximate surface area is 196 Å². The first-order chi connectivity index (χ1) is 15.2. The molecule has 0 N–H and O–H groups in total. The number of esters is 1. The molecule has 0 amide bonds. The molecule has 0 aromatic carbocycles. The molecule has 0 aromatic heterocycles. The van der Waals surface area contributed by atoms with Gasteiger partial charge in [-0.2, -0.15) is 0 Å². The lowest BCUT2D eigenvalue weighted by molar-refractivity contribution is -0.149. The number of carbonyl (C=O) groups is 1. The SMILES string of the molecule is CCCCCCCCCCCCC(C)C(=O)OCC(CCCC)CCCCCCCC. The third-order valence-corrected chi connectivity index (χ3v) is 6.79. The average molecular weight is 439 g/mol. The molecule has 0 aromatic rings. The van der Waals surface area contributed by atoms with Crippen molar-refractivity contribution in [2.75, 3.05) is 6.61 Å². The number of unbranched alkanes of at least 4 members (excludes halogenated alkanes) is 15. The molecule has 2 heteroatoms. The second-order valence-electron chi connectivity index (χ2n) is 10.1. The Kier molecular flexibility index (Phi) is 23.7. The Hall–Kier alpha value is -0.530. The van der Waals surface area contributed by atoms with Crippen molar-refractivity contribution in [3.8, 4) is 0 Å². The number of carbonyl (C=O) groups excluding carboxylic acids is 1. The van der Waals surface area contributed by atoms with Crippen molar-refractivity contribution in [1.29, 1.82) is 0 Å². The van der Waals surface area contributed by atoms with Crippen LogP contribution in [0.25, 0.3) is 0 Å². The first-order valence-electron chi connectivity index (χ1n) is 14.3. The second-order valence-corrected chi connectivity index (χ2v) is 10.1. The van der Waals surface area contributed by atoms with Gasteiger partial charge in [0.25, 0.3) is 0 Å². The third-order valence-electron chi connectivity index (χ3n) is 6.79. The molecular formula is C29H58O2. The quantitative estimate of drug-likeness (QED) is 0.111. The molecule has 0 fully saturated rings. The van der Waals surface area contributed by atoms with Crippen LogP contribution < -0.4 is 0 Å². The molecule has 0 heterocycles. The van der Waals surface area contributed by atoms with E-state index in [4.69, 9.17) is 4.74 Å². The highest BCUT2D eigenvalue weighted by molar-refractivity contribution is 5.71. The molecule has 2 nitrogen and oxygen atoms in total. The van der Waals surface area contributed by atoms with Gasteiger partial charge in [0.2, 0.25) is 0 Å². The van der Waals surface area contributed by atoms with Gasteiger partial charge in [0.05, 0.1) is 12.5 Å². The van der Waals surface area contributed by atoms with E-state index in [9.17, 15) is 4.79 Å². The number of rotatable bonds is 24. The molecule has 0 rings (SSSR count). The van der Waals surface area contributed by atoms with Crippen LogP contribution in [0.5, 0.6) is 0 Å². The third kappa shape index (κ3) is 21.1. The van der Waals surface area contributed by atoms with Crippen molar-refractivity contribution in [1.82, 2.24) is 0 Å². The monoisotopic (exact) mass is 438 g/mol. The van der Waals surface area contributed by atoms with E-state index < -0.39 is 0 Å². The summed E-state index contributed by atoms with van der Waals surface area (Å²) < 4.78 is 5.76. The summed E-state index contributed by atoms with van der Waals surface area (Å²) in [4.78, 5) is 12.4. The summed E-state index contributed by atoms with van der Waals surface area (Å²) in [7, 11) is 0. The lowest BCUT2D eigenvalue weighted by Gasteiger charge is -2.18. The first kappa shape index (κ1) is 30.5. The first-order valence-corrected chi connectivity index (χ1v) is 14.3. The molecule has 0 spiro atoms. The summed E-state index contributed by atoms with van der Waals surface area (Å²) in [5, 5.41) is 0. The zero-order valence-corrected chi connectivity index (χ0v) is 22.0. The van der Waals surface area contributed by atoms with Gasteiger partial charge < -0.3 is 4.74 Å². The van der Waals surface area contributed by atoms with Gasteiger partial charge in [-0.1, -0.05) is 143 Å². The van der Waals surface area contributed by atoms with Crippen LogP contribution in [0.4, 0.5) is 0 Å². The Morgan fingerprint density at radius 2 is 0.935 bits per heavy atom. The maximum atomic E-state index is 12.4. The number of hydrogen-bond acceptors (Lipinski definition) is 2. The van der Waals surface area contributed by atoms with Crippen LogP contribution in [0.1, 0.15) is 163 Å². The molecule has 0 bridgehead atoms. The Morgan fingerprint density at radius 3 is 1.42 bits per heavy atom. The average Bonchev–Trinajstić information content (AvgIpc) is 2.78. The summed E-state index contributed by atoms with van der Waals surface area (Å²) in [5.41, 5.74) is 0. The van der Waals surface area contributed by atoms with E-state index in [-0.39, 0.29) is 11.9 Å². The fourth-order valence-electron chi connectivity index (χ4n) is 4.42. The summed E-state index contributed by atoms with van der Waals surface area (Å²) in [5.74, 6) is 0.676. The summed E-state index contributed by atoms with van der Waals surface area (Å²) in [6.45, 7) is 9.51. The molecule has 0 aliphatic carbocycles. The van der Waals surface area contributed by atoms with Gasteiger partial charge in [-0.25, -0.2) is 0 Å². The van der Waals surface area contributed by atoms with E-state index in [0.717, 1.165) is 6.42 Å². The van der Waals surface area contributed by atoms with Crippen molar-refractivity contribution < 1.29 is 9.53 Å². The summed E-state index contributed by atoms with van der Waals surface area (Å²) in [6, 6.07) is 0. The minimum absolute atomic E-state index is 0.0420. The van der Waals surface area contributed by atoms with Gasteiger partial charge >= 0.3 is 5.97 Å². The van der Waals surface area contributed by atoms with Crippen LogP contribution in [0, 0.1) is 11.8 Å². The minimum atomic E-state index is 0.0420. The summed E-state index contributed by atoms with van der Waals surface area (Å²) >= 11 is 0. The van der Waals surface area contributed by atoms with Crippen molar-refractivity contribution >= 4 is 5.97 Å². The molecule has 186 valence electrons. The predicted octanol–water partition coefficient (Wildman–Crippen LogP) is 10.0. The lowest BCUT2D eigenvalue weighted by Crippen LogP contribution is -2.19. The van der Waals surface area contributed by atoms with Crippen molar-refractivity contribution in [3.63, 3.8) is 0 Å². The van der Waals surface area contributed by atoms with E-state index in [1.807, 2.05) is 0 Å². The van der Waals surface area contributed by atoms with Gasteiger partial charge in [0.15, 0.2) is 0 Å². The smallest absolute Gasteiger partial charge is 0.308 e. The molecule has 2 unspecified atom stereocenters. The lowest BCUT2D eigenvalue weighted by atomic mass is 9.95. The van der Waals surface area contributed by atoms with Crippen molar-refractivity contribution in [3.05, 3.63) is 0 Å². The standard InChI is InChI=1S/C29H58O2/c1-5-8-11-13-15-16-17-18-19-21-23-27(4)29(30)31-26-28(24-10-7-3)25-22-20-14-12-9-6-2/h27-28H,5-26H2,1-4H3. The van der Waals surface area contributed by atoms with Crippen molar-refractivity contribution in [2.24, 2.45) is 11.8 Å². The maximum Gasteiger partial charge on any atom is 0.308 e. The molecule has 0 saturated carbocycles. The fourth-order valence-corrected chi connectivity index (χ4v) is 4.42. The highest BCUT2D eigenvalue weighted by Crippen LogP contribution is 2.20. The van der Waals surface area contributed by atoms with Crippen LogP contribution >= 0.6 is 0 Å². The van der Waals surface area contributed by atoms with E-state index in [0.29, 0.717) is 12.5 Å². The number of ether oxygens (including phenoxy) is 1. The molecule has 0 radical (unpaired) electrons. The molecule has 31 heavy (non-hydrogen) atoms. The highest BCUT2D eigenvalue weighted by Gasteiger charge is 2.17. The van der Waals surface area contributed by atoms with Gasteiger partial charge in [-0.3, -0.25) is 4.79 Å². The van der Waals surface area contributed by atoms with Gasteiger partial charge in [-0.05, 0) is 25.2 Å². The summed E-state index contributed by atoms with van der Waals surface area (Å²) in [6.07, 6.45) is 27.4. The zero-order valence-electron chi connectivity index (χ0n) is 22.0. The van der Waals surface area contributed by atoms with Gasteiger partial charge in [0.1, 0.15) is 0 Å². The van der Waals surface area contributed by atoms with E-state index in [2.05, 4.69) is 27.7 Å². The van der Waals surface area contributed by atoms with Crippen molar-refractivity contribution in [2.45, 2.75) is 163 Å². The molecule has 0 saturated heterocycles. The van der Waals surface area contributed by atoms with Crippen LogP contribution in [-0.2, 0) is 9.53 Å². The van der Waals surface area contributed by atoms with Crippen LogP contribution in [-0.4, -0.2) is 12.6 Å². The van der Waals surface area contributed by atoms with Crippen LogP contribution in [0.15, 0.2) is 0 Å². The Bertz CT molecular complexity index is 366. The van der Waals surface area contributed by atoms with E-state index >= 15 is 0 Å². The van der Waals surface area contributed by atoms with E-state index in [1.54, 1.807) is 0 Å². The Balaban J connectivity index is 3.81. The molecule has 0 aliphatic rings. The molecule has 2 atom stereocenters. The molecular weight excluding hydrogens is 380 g/mol. The number of hydrogen-bond donors (Lipinski definition) is 0. The van der Waals surface area contributed by atoms with Gasteiger partial charge in [-0.15, -0.1) is 0 Å². The fraction of sp³-hybridized carbons (Fsp3) is 0.966. The van der Waals surface area contributed by atoms with Crippen LogP contribution in [0.2, 0.25) is 0 Å². The largest absolute Gasteiger partial charge is 0.465 e. The second kappa shape index (κ2) is 24.1. The van der Waals surface area contributed by atoms with E-state index in [1.165, 1.54) is 128 Å². The maximum absolute atomic E-state index is 12.4. The zero-order chi connectivity index (χ0) is 23.0. The van der Waals surface area contributed by atoms with Gasteiger partial charge in [0, 0.05) is 0 Å². The normalized spacial score (nSPS) is 13.3. The predicted molar refractivity (Wildman–Crippen MR) is 138 cm³/mol. The Morgan fingerprint density at radius 1 is 0.548 bits per heavy atom. The minimum Gasteiger partial charge on any atom is -0.465 e. The molecule has 0 aliphatic heterocycles. The highest BCUT2D eigenvalue weighted by atomic mass is 16.5.